The summed E-state index contributed by atoms with van der Waals surface area (Å²) in [5.41, 5.74) is 0.860. The Morgan fingerprint density at radius 1 is 1.53 bits per heavy atom. The summed E-state index contributed by atoms with van der Waals surface area (Å²) in [4.78, 5) is 2.29. The first-order chi connectivity index (χ1) is 7.11. The molecule has 0 atom stereocenters. The van der Waals surface area contributed by atoms with Crippen molar-refractivity contribution >= 4 is 0 Å². The average molecular weight is 209 g/mol. The number of rotatable bonds is 4. The van der Waals surface area contributed by atoms with Crippen molar-refractivity contribution in [1.82, 2.24) is 14.7 Å². The molecule has 84 valence electrons. The minimum atomic E-state index is -0.408. The highest BCUT2D eigenvalue weighted by Gasteiger charge is 2.38. The van der Waals surface area contributed by atoms with Gasteiger partial charge < -0.3 is 5.11 Å². The quantitative estimate of drug-likeness (QED) is 0.781. The monoisotopic (exact) mass is 209 g/mol. The van der Waals surface area contributed by atoms with E-state index in [0.29, 0.717) is 0 Å². The maximum atomic E-state index is 9.83. The molecule has 0 unspecified atom stereocenters. The van der Waals surface area contributed by atoms with Crippen molar-refractivity contribution in [3.8, 4) is 0 Å². The summed E-state index contributed by atoms with van der Waals surface area (Å²) in [6, 6.07) is 0. The SMILES string of the molecule is CCC1(O)CN(CCc2cnn(C)c2)C1. The van der Waals surface area contributed by atoms with E-state index in [1.54, 1.807) is 0 Å². The van der Waals surface area contributed by atoms with Gasteiger partial charge in [0.25, 0.3) is 0 Å². The molecular weight excluding hydrogens is 190 g/mol. The Bertz CT molecular complexity index is 328. The van der Waals surface area contributed by atoms with E-state index in [9.17, 15) is 5.11 Å². The van der Waals surface area contributed by atoms with Crippen molar-refractivity contribution in [3.63, 3.8) is 0 Å². The maximum Gasteiger partial charge on any atom is 0.0897 e. The zero-order chi connectivity index (χ0) is 10.9. The fraction of sp³-hybridized carbons (Fsp3) is 0.727. The summed E-state index contributed by atoms with van der Waals surface area (Å²) in [6.45, 7) is 4.71. The van der Waals surface area contributed by atoms with Gasteiger partial charge in [-0.25, -0.2) is 0 Å². The van der Waals surface area contributed by atoms with E-state index in [2.05, 4.69) is 10.00 Å². The van der Waals surface area contributed by atoms with Gasteiger partial charge in [0.15, 0.2) is 0 Å². The van der Waals surface area contributed by atoms with E-state index in [1.807, 2.05) is 31.0 Å². The molecule has 0 spiro atoms. The van der Waals surface area contributed by atoms with Crippen LogP contribution < -0.4 is 0 Å². The zero-order valence-corrected chi connectivity index (χ0v) is 9.48. The normalized spacial score (nSPS) is 20.2. The number of aryl methyl sites for hydroxylation is 1. The summed E-state index contributed by atoms with van der Waals surface area (Å²) in [7, 11) is 1.93. The molecule has 1 aromatic rings. The van der Waals surface area contributed by atoms with Crippen molar-refractivity contribution in [3.05, 3.63) is 18.0 Å². The number of hydrogen-bond donors (Lipinski definition) is 1. The minimum Gasteiger partial charge on any atom is -0.387 e. The third-order valence-corrected chi connectivity index (χ3v) is 3.17. The molecule has 2 rings (SSSR count). The van der Waals surface area contributed by atoms with Crippen LogP contribution in [0.4, 0.5) is 0 Å². The molecule has 1 aliphatic heterocycles. The second kappa shape index (κ2) is 3.94. The molecule has 0 aliphatic carbocycles. The van der Waals surface area contributed by atoms with Crippen LogP contribution >= 0.6 is 0 Å². The number of likely N-dealkylation sites (tertiary alicyclic amines) is 1. The second-order valence-corrected chi connectivity index (χ2v) is 4.56. The highest BCUT2D eigenvalue weighted by atomic mass is 16.3. The van der Waals surface area contributed by atoms with Gasteiger partial charge in [0.1, 0.15) is 0 Å². The number of aromatic nitrogens is 2. The highest BCUT2D eigenvalue weighted by molar-refractivity contribution is 5.05. The molecule has 0 aromatic carbocycles. The number of aliphatic hydroxyl groups is 1. The fourth-order valence-corrected chi connectivity index (χ4v) is 2.06. The van der Waals surface area contributed by atoms with E-state index in [1.165, 1.54) is 5.56 Å². The molecule has 1 fully saturated rings. The van der Waals surface area contributed by atoms with Crippen LogP contribution in [0.5, 0.6) is 0 Å². The smallest absolute Gasteiger partial charge is 0.0897 e. The van der Waals surface area contributed by atoms with Gasteiger partial charge in [0.2, 0.25) is 0 Å². The van der Waals surface area contributed by atoms with Crippen LogP contribution in [-0.2, 0) is 13.5 Å². The summed E-state index contributed by atoms with van der Waals surface area (Å²) in [5, 5.41) is 14.0. The van der Waals surface area contributed by atoms with Gasteiger partial charge in [0.05, 0.1) is 11.8 Å². The number of nitrogens with zero attached hydrogens (tertiary/aromatic N) is 3. The van der Waals surface area contributed by atoms with Gasteiger partial charge in [-0.1, -0.05) is 6.92 Å². The topological polar surface area (TPSA) is 41.3 Å². The van der Waals surface area contributed by atoms with Gasteiger partial charge in [-0.2, -0.15) is 5.10 Å². The largest absolute Gasteiger partial charge is 0.387 e. The molecule has 2 heterocycles. The molecule has 4 heteroatoms. The van der Waals surface area contributed by atoms with E-state index < -0.39 is 5.60 Å². The number of hydrogen-bond acceptors (Lipinski definition) is 3. The first-order valence-electron chi connectivity index (χ1n) is 5.53. The minimum absolute atomic E-state index is 0.408. The third kappa shape index (κ3) is 2.38. The number of β-amino-alcohol motifs (C(OH)–C–C–N with tert-alkyl or cyclic N) is 1. The molecule has 0 bridgehead atoms. The fourth-order valence-electron chi connectivity index (χ4n) is 2.06. The molecule has 0 saturated carbocycles. The van der Waals surface area contributed by atoms with Gasteiger partial charge in [-0.05, 0) is 18.4 Å². The van der Waals surface area contributed by atoms with E-state index in [0.717, 1.165) is 32.5 Å². The Morgan fingerprint density at radius 2 is 2.27 bits per heavy atom. The second-order valence-electron chi connectivity index (χ2n) is 4.56. The summed E-state index contributed by atoms with van der Waals surface area (Å²) in [6.07, 6.45) is 5.83. The van der Waals surface area contributed by atoms with Crippen LogP contribution in [0.3, 0.4) is 0 Å². The van der Waals surface area contributed by atoms with Crippen LogP contribution in [0.1, 0.15) is 18.9 Å². The Labute approximate surface area is 90.5 Å². The summed E-state index contributed by atoms with van der Waals surface area (Å²) >= 11 is 0. The van der Waals surface area contributed by atoms with Gasteiger partial charge in [-0.3, -0.25) is 9.58 Å². The molecule has 15 heavy (non-hydrogen) atoms. The lowest BCUT2D eigenvalue weighted by Crippen LogP contribution is -2.61. The molecular formula is C11H19N3O. The predicted octanol–water partition coefficient (Wildman–Crippen LogP) is 0.419. The van der Waals surface area contributed by atoms with E-state index >= 15 is 0 Å². The molecule has 1 aromatic heterocycles. The Morgan fingerprint density at radius 3 is 2.80 bits per heavy atom. The van der Waals surface area contributed by atoms with E-state index in [4.69, 9.17) is 0 Å². The van der Waals surface area contributed by atoms with Crippen molar-refractivity contribution < 1.29 is 5.11 Å². The maximum absolute atomic E-state index is 9.83. The molecule has 1 N–H and O–H groups in total. The van der Waals surface area contributed by atoms with Gasteiger partial charge in [0, 0.05) is 32.9 Å². The third-order valence-electron chi connectivity index (χ3n) is 3.17. The molecule has 0 radical (unpaired) electrons. The van der Waals surface area contributed by atoms with Crippen LogP contribution in [0.2, 0.25) is 0 Å². The van der Waals surface area contributed by atoms with E-state index in [-0.39, 0.29) is 0 Å². The standard InChI is InChI=1S/C11H19N3O/c1-3-11(15)8-14(9-11)5-4-10-6-12-13(2)7-10/h6-7,15H,3-5,8-9H2,1-2H3. The van der Waals surface area contributed by atoms with Crippen molar-refractivity contribution in [2.45, 2.75) is 25.4 Å². The first-order valence-corrected chi connectivity index (χ1v) is 5.53. The average Bonchev–Trinajstić information content (AvgIpc) is 2.57. The van der Waals surface area contributed by atoms with Crippen LogP contribution in [0.15, 0.2) is 12.4 Å². The van der Waals surface area contributed by atoms with Gasteiger partial charge in [-0.15, -0.1) is 0 Å². The highest BCUT2D eigenvalue weighted by Crippen LogP contribution is 2.23. The molecule has 0 amide bonds. The lowest BCUT2D eigenvalue weighted by atomic mass is 9.91. The Balaban J connectivity index is 1.73. The summed E-state index contributed by atoms with van der Waals surface area (Å²) in [5.74, 6) is 0. The lowest BCUT2D eigenvalue weighted by Gasteiger charge is -2.46. The van der Waals surface area contributed by atoms with Crippen molar-refractivity contribution in [2.75, 3.05) is 19.6 Å². The summed E-state index contributed by atoms with van der Waals surface area (Å²) < 4.78 is 1.83. The van der Waals surface area contributed by atoms with Crippen LogP contribution in [0, 0.1) is 0 Å². The molecule has 4 nitrogen and oxygen atoms in total. The molecule has 1 aliphatic rings. The van der Waals surface area contributed by atoms with Gasteiger partial charge >= 0.3 is 0 Å². The van der Waals surface area contributed by atoms with Crippen LogP contribution in [0.25, 0.3) is 0 Å². The molecule has 1 saturated heterocycles. The van der Waals surface area contributed by atoms with Crippen LogP contribution in [-0.4, -0.2) is 45.0 Å². The predicted molar refractivity (Wildman–Crippen MR) is 58.6 cm³/mol. The zero-order valence-electron chi connectivity index (χ0n) is 9.48. The Hall–Kier alpha value is -0.870. The Kier molecular flexibility index (Phi) is 2.80. The van der Waals surface area contributed by atoms with Crippen molar-refractivity contribution in [2.24, 2.45) is 7.05 Å². The first kappa shape index (κ1) is 10.6. The van der Waals surface area contributed by atoms with Crippen molar-refractivity contribution in [1.29, 1.82) is 0 Å². The lowest BCUT2D eigenvalue weighted by molar-refractivity contribution is -0.0986.